The average molecular weight is 339 g/mol. The Morgan fingerprint density at radius 3 is 3.00 bits per heavy atom. The maximum atomic E-state index is 13.4. The SMILES string of the molecule is C[C@H](NC(=O)NCCSCc1ccccc1F)c1nccs1. The van der Waals surface area contributed by atoms with Crippen LogP contribution < -0.4 is 10.6 Å². The van der Waals surface area contributed by atoms with Crippen molar-refractivity contribution in [1.29, 1.82) is 0 Å². The highest BCUT2D eigenvalue weighted by Gasteiger charge is 2.10. The Morgan fingerprint density at radius 2 is 2.27 bits per heavy atom. The van der Waals surface area contributed by atoms with Gasteiger partial charge in [0, 0.05) is 29.6 Å². The number of hydrogen-bond acceptors (Lipinski definition) is 4. The third kappa shape index (κ3) is 5.31. The lowest BCUT2D eigenvalue weighted by atomic mass is 10.2. The molecule has 0 aliphatic heterocycles. The predicted molar refractivity (Wildman–Crippen MR) is 89.6 cm³/mol. The second-order valence-electron chi connectivity index (χ2n) is 4.64. The number of rotatable bonds is 7. The van der Waals surface area contributed by atoms with Crippen molar-refractivity contribution in [2.45, 2.75) is 18.7 Å². The summed E-state index contributed by atoms with van der Waals surface area (Å²) in [6, 6.07) is 6.42. The van der Waals surface area contributed by atoms with Crippen LogP contribution in [0.1, 0.15) is 23.5 Å². The molecule has 1 atom stereocenters. The fourth-order valence-corrected chi connectivity index (χ4v) is 3.28. The maximum Gasteiger partial charge on any atom is 0.315 e. The van der Waals surface area contributed by atoms with Crippen LogP contribution in [0.15, 0.2) is 35.8 Å². The molecule has 4 nitrogen and oxygen atoms in total. The summed E-state index contributed by atoms with van der Waals surface area (Å²) in [6.45, 7) is 2.43. The lowest BCUT2D eigenvalue weighted by molar-refractivity contribution is 0.238. The molecular formula is C15H18FN3OS2. The molecule has 2 N–H and O–H groups in total. The van der Waals surface area contributed by atoms with Crippen LogP contribution in [-0.2, 0) is 5.75 Å². The summed E-state index contributed by atoms with van der Waals surface area (Å²) in [6.07, 6.45) is 1.72. The number of halogens is 1. The van der Waals surface area contributed by atoms with Gasteiger partial charge in [0.15, 0.2) is 0 Å². The first-order valence-electron chi connectivity index (χ1n) is 6.91. The fraction of sp³-hybridized carbons (Fsp3) is 0.333. The van der Waals surface area contributed by atoms with Gasteiger partial charge in [-0.2, -0.15) is 11.8 Å². The van der Waals surface area contributed by atoms with Crippen molar-refractivity contribution < 1.29 is 9.18 Å². The molecule has 2 rings (SSSR count). The highest BCUT2D eigenvalue weighted by molar-refractivity contribution is 7.98. The van der Waals surface area contributed by atoms with Crippen LogP contribution in [0.2, 0.25) is 0 Å². The maximum absolute atomic E-state index is 13.4. The molecule has 22 heavy (non-hydrogen) atoms. The molecule has 0 aliphatic rings. The first kappa shape index (κ1) is 16.8. The number of nitrogens with one attached hydrogen (secondary N) is 2. The summed E-state index contributed by atoms with van der Waals surface area (Å²) >= 11 is 3.10. The molecule has 2 aromatic rings. The Labute approximate surface area is 137 Å². The number of nitrogens with zero attached hydrogens (tertiary/aromatic N) is 1. The summed E-state index contributed by atoms with van der Waals surface area (Å²) in [4.78, 5) is 15.9. The van der Waals surface area contributed by atoms with E-state index in [1.54, 1.807) is 30.1 Å². The first-order valence-corrected chi connectivity index (χ1v) is 8.95. The number of amides is 2. The molecule has 0 aliphatic carbocycles. The van der Waals surface area contributed by atoms with Gasteiger partial charge in [-0.25, -0.2) is 14.2 Å². The highest BCUT2D eigenvalue weighted by Crippen LogP contribution is 2.15. The van der Waals surface area contributed by atoms with Gasteiger partial charge in [0.2, 0.25) is 0 Å². The lowest BCUT2D eigenvalue weighted by Crippen LogP contribution is -2.38. The number of hydrogen-bond donors (Lipinski definition) is 2. The van der Waals surface area contributed by atoms with E-state index in [2.05, 4.69) is 15.6 Å². The number of benzene rings is 1. The second-order valence-corrected chi connectivity index (χ2v) is 6.67. The molecular weight excluding hydrogens is 321 g/mol. The molecule has 2 amide bonds. The molecule has 0 saturated heterocycles. The molecule has 0 bridgehead atoms. The van der Waals surface area contributed by atoms with Crippen molar-refractivity contribution in [3.8, 4) is 0 Å². The summed E-state index contributed by atoms with van der Waals surface area (Å²) in [5, 5.41) is 8.38. The molecule has 0 unspecified atom stereocenters. The van der Waals surface area contributed by atoms with E-state index in [0.717, 1.165) is 10.8 Å². The minimum absolute atomic E-state index is 0.105. The monoisotopic (exact) mass is 339 g/mol. The molecule has 0 saturated carbocycles. The number of urea groups is 1. The van der Waals surface area contributed by atoms with E-state index in [4.69, 9.17) is 0 Å². The number of thiazole rings is 1. The van der Waals surface area contributed by atoms with Gasteiger partial charge < -0.3 is 10.6 Å². The van der Waals surface area contributed by atoms with Crippen LogP contribution in [0.4, 0.5) is 9.18 Å². The largest absolute Gasteiger partial charge is 0.337 e. The summed E-state index contributed by atoms with van der Waals surface area (Å²) in [5.74, 6) is 1.15. The quantitative estimate of drug-likeness (QED) is 0.758. The topological polar surface area (TPSA) is 54.0 Å². The van der Waals surface area contributed by atoms with Crippen LogP contribution in [0.5, 0.6) is 0 Å². The molecule has 0 spiro atoms. The smallest absolute Gasteiger partial charge is 0.315 e. The van der Waals surface area contributed by atoms with Crippen molar-refractivity contribution in [2.24, 2.45) is 0 Å². The second kappa shape index (κ2) is 8.75. The molecule has 7 heteroatoms. The van der Waals surface area contributed by atoms with Gasteiger partial charge in [0.05, 0.1) is 6.04 Å². The van der Waals surface area contributed by atoms with E-state index in [1.807, 2.05) is 18.4 Å². The number of aromatic nitrogens is 1. The third-order valence-corrected chi connectivity index (χ3v) is 4.88. The normalized spacial score (nSPS) is 11.9. The van der Waals surface area contributed by atoms with Crippen LogP contribution >= 0.6 is 23.1 Å². The molecule has 118 valence electrons. The number of carbonyl (C=O) groups is 1. The Hall–Kier alpha value is -1.60. The Bertz CT molecular complexity index is 592. The van der Waals surface area contributed by atoms with E-state index in [-0.39, 0.29) is 17.9 Å². The Morgan fingerprint density at radius 1 is 1.45 bits per heavy atom. The van der Waals surface area contributed by atoms with Gasteiger partial charge in [0.1, 0.15) is 10.8 Å². The van der Waals surface area contributed by atoms with Gasteiger partial charge in [-0.15, -0.1) is 11.3 Å². The average Bonchev–Trinajstić information content (AvgIpc) is 3.03. The van der Waals surface area contributed by atoms with Crippen molar-refractivity contribution in [3.63, 3.8) is 0 Å². The van der Waals surface area contributed by atoms with Gasteiger partial charge in [-0.05, 0) is 18.6 Å². The fourth-order valence-electron chi connectivity index (χ4n) is 1.79. The van der Waals surface area contributed by atoms with Gasteiger partial charge >= 0.3 is 6.03 Å². The van der Waals surface area contributed by atoms with E-state index in [0.29, 0.717) is 17.9 Å². The summed E-state index contributed by atoms with van der Waals surface area (Å²) in [5.41, 5.74) is 0.689. The highest BCUT2D eigenvalue weighted by atomic mass is 32.2. The molecule has 0 radical (unpaired) electrons. The molecule has 1 aromatic heterocycles. The molecule has 1 heterocycles. The Balaban J connectivity index is 1.60. The van der Waals surface area contributed by atoms with Crippen LogP contribution in [0.3, 0.4) is 0 Å². The third-order valence-electron chi connectivity index (χ3n) is 2.92. The first-order chi connectivity index (χ1) is 10.7. The van der Waals surface area contributed by atoms with Crippen LogP contribution in [-0.4, -0.2) is 23.3 Å². The van der Waals surface area contributed by atoms with Crippen LogP contribution in [0.25, 0.3) is 0 Å². The molecule has 0 fully saturated rings. The van der Waals surface area contributed by atoms with E-state index < -0.39 is 0 Å². The van der Waals surface area contributed by atoms with E-state index in [9.17, 15) is 9.18 Å². The van der Waals surface area contributed by atoms with Gasteiger partial charge in [-0.1, -0.05) is 18.2 Å². The van der Waals surface area contributed by atoms with E-state index in [1.165, 1.54) is 17.4 Å². The van der Waals surface area contributed by atoms with Crippen molar-refractivity contribution in [3.05, 3.63) is 52.2 Å². The van der Waals surface area contributed by atoms with Gasteiger partial charge in [0.25, 0.3) is 0 Å². The Kier molecular flexibility index (Phi) is 6.67. The zero-order chi connectivity index (χ0) is 15.8. The predicted octanol–water partition coefficient (Wildman–Crippen LogP) is 3.58. The van der Waals surface area contributed by atoms with Crippen LogP contribution in [0, 0.1) is 5.82 Å². The van der Waals surface area contributed by atoms with Crippen molar-refractivity contribution >= 4 is 29.1 Å². The standard InChI is InChI=1S/C15H18FN3OS2/c1-11(14-17-7-9-22-14)19-15(20)18-6-8-21-10-12-4-2-3-5-13(12)16/h2-5,7,9,11H,6,8,10H2,1H3,(H2,18,19,20)/t11-/m0/s1. The number of carbonyl (C=O) groups excluding carboxylic acids is 1. The minimum atomic E-state index is -0.214. The van der Waals surface area contributed by atoms with E-state index >= 15 is 0 Å². The zero-order valence-corrected chi connectivity index (χ0v) is 13.8. The van der Waals surface area contributed by atoms with Gasteiger partial charge in [-0.3, -0.25) is 0 Å². The minimum Gasteiger partial charge on any atom is -0.337 e. The summed E-state index contributed by atoms with van der Waals surface area (Å²) in [7, 11) is 0. The number of thioether (sulfide) groups is 1. The van der Waals surface area contributed by atoms with Crippen molar-refractivity contribution in [1.82, 2.24) is 15.6 Å². The summed E-state index contributed by atoms with van der Waals surface area (Å²) < 4.78 is 13.4. The van der Waals surface area contributed by atoms with Crippen molar-refractivity contribution in [2.75, 3.05) is 12.3 Å². The molecule has 1 aromatic carbocycles. The lowest BCUT2D eigenvalue weighted by Gasteiger charge is -2.12. The zero-order valence-electron chi connectivity index (χ0n) is 12.2.